The van der Waals surface area contributed by atoms with E-state index in [1.54, 1.807) is 24.3 Å². The van der Waals surface area contributed by atoms with Crippen LogP contribution in [0.25, 0.3) is 0 Å². The van der Waals surface area contributed by atoms with Crippen molar-refractivity contribution in [3.8, 4) is 11.5 Å². The Morgan fingerprint density at radius 1 is 1.25 bits per heavy atom. The second-order valence-electron chi connectivity index (χ2n) is 3.92. The predicted molar refractivity (Wildman–Crippen MR) is 76.4 cm³/mol. The van der Waals surface area contributed by atoms with Crippen LogP contribution in [0.5, 0.6) is 11.5 Å². The van der Waals surface area contributed by atoms with Gasteiger partial charge >= 0.3 is 5.97 Å². The summed E-state index contributed by atoms with van der Waals surface area (Å²) in [6.07, 6.45) is 0. The minimum absolute atomic E-state index is 0.00231. The molecule has 6 heteroatoms. The number of ether oxygens (including phenoxy) is 2. The molecule has 0 unspecified atom stereocenters. The minimum Gasteiger partial charge on any atom is -0.465 e. The first-order chi connectivity index (χ1) is 9.51. The minimum atomic E-state index is -0.655. The molecule has 0 saturated carbocycles. The zero-order chi connectivity index (χ0) is 14.7. The highest BCUT2D eigenvalue weighted by Crippen LogP contribution is 2.29. The Kier molecular flexibility index (Phi) is 4.24. The SMILES string of the molecule is COC(=O)c1cc(Oc2ccc(Br)cc2)c(F)cc1N. The first kappa shape index (κ1) is 14.3. The Morgan fingerprint density at radius 2 is 1.90 bits per heavy atom. The van der Waals surface area contributed by atoms with Gasteiger partial charge in [-0.25, -0.2) is 9.18 Å². The van der Waals surface area contributed by atoms with E-state index < -0.39 is 11.8 Å². The summed E-state index contributed by atoms with van der Waals surface area (Å²) in [7, 11) is 1.22. The van der Waals surface area contributed by atoms with Crippen LogP contribution in [0.15, 0.2) is 40.9 Å². The van der Waals surface area contributed by atoms with Crippen molar-refractivity contribution in [2.24, 2.45) is 0 Å². The average Bonchev–Trinajstić information content (AvgIpc) is 2.43. The van der Waals surface area contributed by atoms with Crippen molar-refractivity contribution in [3.05, 3.63) is 52.3 Å². The molecule has 0 amide bonds. The van der Waals surface area contributed by atoms with Crippen LogP contribution in [-0.4, -0.2) is 13.1 Å². The van der Waals surface area contributed by atoms with Crippen LogP contribution in [0.2, 0.25) is 0 Å². The van der Waals surface area contributed by atoms with Crippen molar-refractivity contribution in [1.82, 2.24) is 0 Å². The quantitative estimate of drug-likeness (QED) is 0.683. The summed E-state index contributed by atoms with van der Waals surface area (Å²) in [4.78, 5) is 11.5. The summed E-state index contributed by atoms with van der Waals surface area (Å²) in [5.74, 6) is -0.962. The van der Waals surface area contributed by atoms with Crippen molar-refractivity contribution in [2.75, 3.05) is 12.8 Å². The number of hydrogen-bond acceptors (Lipinski definition) is 4. The van der Waals surface area contributed by atoms with Gasteiger partial charge in [0, 0.05) is 22.3 Å². The second kappa shape index (κ2) is 5.92. The number of carbonyl (C=O) groups excluding carboxylic acids is 1. The Labute approximate surface area is 123 Å². The normalized spacial score (nSPS) is 10.2. The number of methoxy groups -OCH3 is 1. The highest BCUT2D eigenvalue weighted by Gasteiger charge is 2.16. The van der Waals surface area contributed by atoms with Crippen LogP contribution in [-0.2, 0) is 4.74 Å². The fourth-order valence-corrected chi connectivity index (χ4v) is 1.83. The lowest BCUT2D eigenvalue weighted by Crippen LogP contribution is -2.06. The third-order valence-corrected chi connectivity index (χ3v) is 3.08. The lowest BCUT2D eigenvalue weighted by Gasteiger charge is -2.10. The summed E-state index contributed by atoms with van der Waals surface area (Å²) < 4.78 is 24.6. The van der Waals surface area contributed by atoms with E-state index >= 15 is 0 Å². The van der Waals surface area contributed by atoms with E-state index in [1.807, 2.05) is 0 Å². The number of esters is 1. The van der Waals surface area contributed by atoms with Crippen LogP contribution >= 0.6 is 15.9 Å². The van der Waals surface area contributed by atoms with Crippen molar-refractivity contribution in [1.29, 1.82) is 0 Å². The highest BCUT2D eigenvalue weighted by atomic mass is 79.9. The van der Waals surface area contributed by atoms with Gasteiger partial charge in [0.05, 0.1) is 12.7 Å². The molecular formula is C14H11BrFNO3. The van der Waals surface area contributed by atoms with Crippen LogP contribution in [0.4, 0.5) is 10.1 Å². The van der Waals surface area contributed by atoms with Gasteiger partial charge in [-0.1, -0.05) is 15.9 Å². The Balaban J connectivity index is 2.36. The molecule has 0 spiro atoms. The van der Waals surface area contributed by atoms with E-state index in [-0.39, 0.29) is 17.0 Å². The fraction of sp³-hybridized carbons (Fsp3) is 0.0714. The van der Waals surface area contributed by atoms with Crippen LogP contribution in [0.1, 0.15) is 10.4 Å². The van der Waals surface area contributed by atoms with Gasteiger partial charge in [0.15, 0.2) is 11.6 Å². The second-order valence-corrected chi connectivity index (χ2v) is 4.83. The Hall–Kier alpha value is -2.08. The number of carbonyl (C=O) groups is 1. The van der Waals surface area contributed by atoms with Crippen molar-refractivity contribution >= 4 is 27.6 Å². The Morgan fingerprint density at radius 3 is 2.50 bits per heavy atom. The van der Waals surface area contributed by atoms with Gasteiger partial charge in [0.2, 0.25) is 0 Å². The molecule has 0 fully saturated rings. The van der Waals surface area contributed by atoms with Gasteiger partial charge in [-0.2, -0.15) is 0 Å². The number of nitrogens with two attached hydrogens (primary N) is 1. The van der Waals surface area contributed by atoms with Gasteiger partial charge in [0.25, 0.3) is 0 Å². The molecule has 0 aliphatic carbocycles. The molecule has 0 saturated heterocycles. The van der Waals surface area contributed by atoms with Crippen LogP contribution in [0.3, 0.4) is 0 Å². The van der Waals surface area contributed by atoms with E-state index in [4.69, 9.17) is 10.5 Å². The molecule has 0 aliphatic rings. The molecule has 4 nitrogen and oxygen atoms in total. The molecule has 20 heavy (non-hydrogen) atoms. The maximum absolute atomic E-state index is 13.8. The van der Waals surface area contributed by atoms with E-state index in [1.165, 1.54) is 13.2 Å². The third-order valence-electron chi connectivity index (χ3n) is 2.55. The molecule has 0 atom stereocenters. The summed E-state index contributed by atoms with van der Waals surface area (Å²) in [6.45, 7) is 0. The summed E-state index contributed by atoms with van der Waals surface area (Å²) in [6, 6.07) is 9.09. The first-order valence-corrected chi connectivity index (χ1v) is 6.41. The predicted octanol–water partition coefficient (Wildman–Crippen LogP) is 3.75. The number of hydrogen-bond donors (Lipinski definition) is 1. The van der Waals surface area contributed by atoms with E-state index in [2.05, 4.69) is 20.7 Å². The Bertz CT molecular complexity index is 644. The van der Waals surface area contributed by atoms with E-state index in [0.29, 0.717) is 5.75 Å². The van der Waals surface area contributed by atoms with Crippen molar-refractivity contribution < 1.29 is 18.7 Å². The number of anilines is 1. The average molecular weight is 340 g/mol. The van der Waals surface area contributed by atoms with Gasteiger partial charge in [-0.3, -0.25) is 0 Å². The molecule has 2 aromatic rings. The van der Waals surface area contributed by atoms with Crippen molar-refractivity contribution in [2.45, 2.75) is 0 Å². The number of halogens is 2. The van der Waals surface area contributed by atoms with Gasteiger partial charge in [0.1, 0.15) is 5.75 Å². The maximum Gasteiger partial charge on any atom is 0.340 e. The zero-order valence-corrected chi connectivity index (χ0v) is 12.1. The highest BCUT2D eigenvalue weighted by molar-refractivity contribution is 9.10. The topological polar surface area (TPSA) is 61.5 Å². The van der Waals surface area contributed by atoms with Gasteiger partial charge in [-0.15, -0.1) is 0 Å². The molecule has 0 bridgehead atoms. The summed E-state index contributed by atoms with van der Waals surface area (Å²) in [5, 5.41) is 0. The molecule has 2 rings (SSSR count). The van der Waals surface area contributed by atoms with Crippen molar-refractivity contribution in [3.63, 3.8) is 0 Å². The molecule has 0 aromatic heterocycles. The number of nitrogen functional groups attached to an aromatic ring is 1. The largest absolute Gasteiger partial charge is 0.465 e. The third kappa shape index (κ3) is 3.08. The van der Waals surface area contributed by atoms with Crippen LogP contribution < -0.4 is 10.5 Å². The molecule has 0 radical (unpaired) electrons. The molecule has 0 aliphatic heterocycles. The van der Waals surface area contributed by atoms with E-state index in [9.17, 15) is 9.18 Å². The standard InChI is InChI=1S/C14H11BrFNO3/c1-19-14(18)10-6-13(11(16)7-12(10)17)20-9-4-2-8(15)3-5-9/h2-7H,17H2,1H3. The molecular weight excluding hydrogens is 329 g/mol. The fourth-order valence-electron chi connectivity index (χ4n) is 1.56. The molecule has 104 valence electrons. The van der Waals surface area contributed by atoms with E-state index in [0.717, 1.165) is 10.5 Å². The van der Waals surface area contributed by atoms with Crippen LogP contribution in [0, 0.1) is 5.82 Å². The lowest BCUT2D eigenvalue weighted by atomic mass is 10.1. The summed E-state index contributed by atoms with van der Waals surface area (Å²) in [5.41, 5.74) is 5.63. The molecule has 2 aromatic carbocycles. The zero-order valence-electron chi connectivity index (χ0n) is 10.5. The van der Waals surface area contributed by atoms with Gasteiger partial charge < -0.3 is 15.2 Å². The molecule has 2 N–H and O–H groups in total. The summed E-state index contributed by atoms with van der Waals surface area (Å²) >= 11 is 3.29. The number of benzene rings is 2. The number of rotatable bonds is 3. The smallest absolute Gasteiger partial charge is 0.340 e. The maximum atomic E-state index is 13.8. The first-order valence-electron chi connectivity index (χ1n) is 5.62. The molecule has 0 heterocycles. The van der Waals surface area contributed by atoms with Gasteiger partial charge in [-0.05, 0) is 24.3 Å². The lowest BCUT2D eigenvalue weighted by molar-refractivity contribution is 0.0601. The monoisotopic (exact) mass is 339 g/mol.